The number of alkyl halides is 1. The molecule has 0 bridgehead atoms. The minimum Gasteiger partial charge on any atom is -0.398 e. The largest absolute Gasteiger partial charge is 0.398 e. The summed E-state index contributed by atoms with van der Waals surface area (Å²) in [4.78, 5) is 10.7. The molecule has 0 aliphatic carbocycles. The van der Waals surface area contributed by atoms with Crippen LogP contribution in [-0.2, 0) is 4.79 Å². The van der Waals surface area contributed by atoms with Crippen molar-refractivity contribution in [1.82, 2.24) is 5.23 Å². The molecule has 4 nitrogen and oxygen atoms in total. The molecule has 0 saturated carbocycles. The Morgan fingerprint density at radius 1 is 1.80 bits per heavy atom. The predicted octanol–water partition coefficient (Wildman–Crippen LogP) is 0.296. The molecule has 0 saturated heterocycles. The van der Waals surface area contributed by atoms with Gasteiger partial charge in [-0.05, 0) is 6.92 Å². The molecule has 0 aromatic heterocycles. The van der Waals surface area contributed by atoms with Gasteiger partial charge in [-0.1, -0.05) is 22.6 Å². The summed E-state index contributed by atoms with van der Waals surface area (Å²) in [6.45, 7) is 1.82. The molecule has 0 fully saturated rings. The van der Waals surface area contributed by atoms with Crippen molar-refractivity contribution in [3.05, 3.63) is 0 Å². The summed E-state index contributed by atoms with van der Waals surface area (Å²) in [6, 6.07) is 0. The summed E-state index contributed by atoms with van der Waals surface area (Å²) in [6.07, 6.45) is 0. The molecule has 1 rings (SSSR count). The van der Waals surface area contributed by atoms with Gasteiger partial charge in [-0.15, -0.1) is 0 Å². The first-order valence-corrected chi connectivity index (χ1v) is 4.33. The van der Waals surface area contributed by atoms with Crippen LogP contribution < -0.4 is 5.23 Å². The van der Waals surface area contributed by atoms with E-state index in [9.17, 15) is 4.79 Å². The maximum absolute atomic E-state index is 10.7. The summed E-state index contributed by atoms with van der Waals surface area (Å²) in [5.41, 5.74) is -0.429. The van der Waals surface area contributed by atoms with Crippen LogP contribution in [0.5, 0.6) is 0 Å². The third kappa shape index (κ3) is 2.24. The number of amides is 1. The zero-order chi connectivity index (χ0) is 7.61. The summed E-state index contributed by atoms with van der Waals surface area (Å²) in [5.74, 6) is -0.0147. The lowest BCUT2D eigenvalue weighted by Gasteiger charge is -2.00. The van der Waals surface area contributed by atoms with E-state index in [1.165, 1.54) is 0 Å². The quantitative estimate of drug-likeness (QED) is 0.437. The van der Waals surface area contributed by atoms with E-state index in [0.29, 0.717) is 4.43 Å². The van der Waals surface area contributed by atoms with E-state index in [1.807, 2.05) is 29.5 Å². The van der Waals surface area contributed by atoms with E-state index in [4.69, 9.17) is 0 Å². The second-order valence-electron chi connectivity index (χ2n) is 2.14. The zero-order valence-electron chi connectivity index (χ0n) is 5.47. The molecular weight excluding hydrogens is 244 g/mol. The Balaban J connectivity index is 2.11. The number of hydrogen-bond acceptors (Lipinski definition) is 3. The maximum atomic E-state index is 10.7. The first-order chi connectivity index (χ1) is 4.66. The molecule has 1 heterocycles. The number of carbonyl (C=O) groups is 1. The predicted molar refractivity (Wildman–Crippen MR) is 46.0 cm³/mol. The normalized spacial score (nSPS) is 18.2. The van der Waals surface area contributed by atoms with Crippen LogP contribution in [0, 0.1) is 0 Å². The molecule has 53 valence electrons. The van der Waals surface area contributed by atoms with Gasteiger partial charge in [0.05, 0.1) is 4.43 Å². The van der Waals surface area contributed by atoms with Gasteiger partial charge < -0.3 is 5.23 Å². The Morgan fingerprint density at radius 2 is 2.40 bits per heavy atom. The molecule has 1 radical (unpaired) electrons. The summed E-state index contributed by atoms with van der Waals surface area (Å²) >= 11 is 1.99. The summed E-state index contributed by atoms with van der Waals surface area (Å²) in [7, 11) is 1.59. The minimum atomic E-state index is -0.429. The molecule has 0 unspecified atom stereocenters. The van der Waals surface area contributed by atoms with Crippen LogP contribution in [0.25, 0.3) is 0 Å². The fraction of sp³-hybridized carbons (Fsp3) is 0.750. The summed E-state index contributed by atoms with van der Waals surface area (Å²) in [5, 5.41) is 9.96. The average molecular weight is 250 g/mol. The minimum absolute atomic E-state index is 0.0147. The highest BCUT2D eigenvalue weighted by Gasteiger charge is 2.35. The van der Waals surface area contributed by atoms with Crippen LogP contribution in [0.2, 0.25) is 0 Å². The molecule has 1 aliphatic rings. The maximum Gasteiger partial charge on any atom is 0.313 e. The first kappa shape index (κ1) is 7.97. The van der Waals surface area contributed by atoms with Gasteiger partial charge >= 0.3 is 7.41 Å². The molecule has 0 aromatic rings. The molecule has 1 aliphatic heterocycles. The van der Waals surface area contributed by atoms with Crippen molar-refractivity contribution in [2.45, 2.75) is 12.5 Å². The number of nitrogens with one attached hydrogen (secondary N) is 1. The molecule has 0 atom stereocenters. The van der Waals surface area contributed by atoms with E-state index < -0.39 is 5.56 Å². The van der Waals surface area contributed by atoms with Gasteiger partial charge in [0.15, 0.2) is 5.56 Å². The van der Waals surface area contributed by atoms with Crippen LogP contribution in [0.3, 0.4) is 0 Å². The molecule has 6 heteroatoms. The molecule has 0 aromatic carbocycles. The average Bonchev–Trinajstić information content (AvgIpc) is 2.64. The van der Waals surface area contributed by atoms with Gasteiger partial charge in [0.25, 0.3) is 0 Å². The van der Waals surface area contributed by atoms with E-state index in [0.717, 1.165) is 0 Å². The second-order valence-corrected chi connectivity index (χ2v) is 2.90. The Morgan fingerprint density at radius 3 is 2.80 bits per heavy atom. The Kier molecular flexibility index (Phi) is 2.27. The van der Waals surface area contributed by atoms with Crippen molar-refractivity contribution in [3.8, 4) is 0 Å². The Hall–Kier alpha value is -0.135. The van der Waals surface area contributed by atoms with Gasteiger partial charge in [0.2, 0.25) is 5.91 Å². The molecule has 1 N–H and O–H groups in total. The smallest absolute Gasteiger partial charge is 0.313 e. The van der Waals surface area contributed by atoms with Crippen LogP contribution in [0.15, 0.2) is 10.2 Å². The van der Waals surface area contributed by atoms with Gasteiger partial charge in [0, 0.05) is 0 Å². The van der Waals surface area contributed by atoms with Gasteiger partial charge in [-0.25, -0.2) is 0 Å². The monoisotopic (exact) mass is 250 g/mol. The van der Waals surface area contributed by atoms with Crippen molar-refractivity contribution in [1.29, 1.82) is 0 Å². The van der Waals surface area contributed by atoms with Crippen molar-refractivity contribution in [3.63, 3.8) is 0 Å². The first-order valence-electron chi connectivity index (χ1n) is 2.80. The fourth-order valence-corrected chi connectivity index (χ4v) is 0.613. The van der Waals surface area contributed by atoms with Crippen molar-refractivity contribution in [2.24, 2.45) is 10.2 Å². The van der Waals surface area contributed by atoms with Crippen LogP contribution in [0.4, 0.5) is 0 Å². The van der Waals surface area contributed by atoms with Gasteiger partial charge in [-0.2, -0.15) is 10.2 Å². The van der Waals surface area contributed by atoms with Crippen LogP contribution >= 0.6 is 22.6 Å². The molecule has 1 amide bonds. The zero-order valence-corrected chi connectivity index (χ0v) is 7.62. The van der Waals surface area contributed by atoms with Crippen molar-refractivity contribution < 1.29 is 4.79 Å². The molecular formula is C4H6BIN3O. The standard InChI is InChI=1S/C4H6BIN3O/c1-4(8-9-4)5-7-3(10)2-6/h2H2,1H3,(H,7,10). The summed E-state index contributed by atoms with van der Waals surface area (Å²) < 4.78 is 0.463. The van der Waals surface area contributed by atoms with E-state index in [2.05, 4.69) is 15.5 Å². The SMILES string of the molecule is CC1([B]NC(=O)CI)N=N1. The molecule has 0 spiro atoms. The lowest BCUT2D eigenvalue weighted by atomic mass is 9.80. The van der Waals surface area contributed by atoms with Gasteiger partial charge in [0.1, 0.15) is 0 Å². The van der Waals surface area contributed by atoms with E-state index in [-0.39, 0.29) is 5.91 Å². The second kappa shape index (κ2) is 2.85. The van der Waals surface area contributed by atoms with E-state index in [1.54, 1.807) is 7.41 Å². The number of nitrogens with zero attached hydrogens (tertiary/aromatic N) is 2. The Bertz CT molecular complexity index is 177. The topological polar surface area (TPSA) is 53.8 Å². The van der Waals surface area contributed by atoms with E-state index >= 15 is 0 Å². The van der Waals surface area contributed by atoms with Crippen LogP contribution in [-0.4, -0.2) is 23.3 Å². The van der Waals surface area contributed by atoms with Crippen molar-refractivity contribution >= 4 is 35.9 Å². The third-order valence-electron chi connectivity index (χ3n) is 1.04. The number of carbonyl (C=O) groups excluding carboxylic acids is 1. The fourth-order valence-electron chi connectivity index (χ4n) is 0.392. The molecule has 10 heavy (non-hydrogen) atoms. The third-order valence-corrected chi connectivity index (χ3v) is 1.74. The highest BCUT2D eigenvalue weighted by molar-refractivity contribution is 14.1. The Labute approximate surface area is 73.3 Å². The highest BCUT2D eigenvalue weighted by Crippen LogP contribution is 2.23. The van der Waals surface area contributed by atoms with Crippen molar-refractivity contribution in [2.75, 3.05) is 4.43 Å². The number of halogens is 1. The highest BCUT2D eigenvalue weighted by atomic mass is 127. The van der Waals surface area contributed by atoms with Gasteiger partial charge in [-0.3, -0.25) is 4.79 Å². The van der Waals surface area contributed by atoms with Crippen LogP contribution in [0.1, 0.15) is 6.92 Å². The lowest BCUT2D eigenvalue weighted by Crippen LogP contribution is -2.36. The lowest BCUT2D eigenvalue weighted by molar-refractivity contribution is -0.116. The number of hydrogen-bond donors (Lipinski definition) is 1. The number of rotatable bonds is 3.